The molecule has 1 aromatic heterocycles. The normalized spacial score (nSPS) is 10.7. The van der Waals surface area contributed by atoms with E-state index in [0.29, 0.717) is 18.8 Å². The Balaban J connectivity index is 1.75. The Bertz CT molecular complexity index is 511. The number of anilines is 1. The number of hydrogen-bond acceptors (Lipinski definition) is 4. The minimum atomic E-state index is 0.176. The molecule has 0 aliphatic rings. The molecule has 108 valence electrons. The maximum absolute atomic E-state index is 8.82. The molecule has 0 fully saturated rings. The first-order chi connectivity index (χ1) is 9.81. The van der Waals surface area contributed by atoms with Crippen molar-refractivity contribution in [2.45, 2.75) is 25.8 Å². The van der Waals surface area contributed by atoms with Gasteiger partial charge in [0.05, 0.1) is 12.8 Å². The first kappa shape index (κ1) is 14.4. The van der Waals surface area contributed by atoms with E-state index in [1.165, 1.54) is 0 Å². The van der Waals surface area contributed by atoms with Gasteiger partial charge in [-0.2, -0.15) is 5.10 Å². The fourth-order valence-electron chi connectivity index (χ4n) is 1.99. The zero-order valence-electron chi connectivity index (χ0n) is 11.5. The van der Waals surface area contributed by atoms with Crippen LogP contribution in [-0.4, -0.2) is 28.1 Å². The molecule has 0 saturated heterocycles. The highest BCUT2D eigenvalue weighted by atomic mass is 16.5. The SMILES string of the molecule is Nc1c(CCCO)cnn1CCCOc1ccccc1. The van der Waals surface area contributed by atoms with Gasteiger partial charge in [-0.25, -0.2) is 4.68 Å². The average molecular weight is 275 g/mol. The van der Waals surface area contributed by atoms with Crippen LogP contribution < -0.4 is 10.5 Å². The second-order valence-electron chi connectivity index (χ2n) is 4.62. The van der Waals surface area contributed by atoms with E-state index in [9.17, 15) is 0 Å². The molecular weight excluding hydrogens is 254 g/mol. The number of nitrogens with zero attached hydrogens (tertiary/aromatic N) is 2. The number of nitrogens with two attached hydrogens (primary N) is 1. The van der Waals surface area contributed by atoms with Crippen LogP contribution in [-0.2, 0) is 13.0 Å². The van der Waals surface area contributed by atoms with E-state index in [-0.39, 0.29) is 6.61 Å². The van der Waals surface area contributed by atoms with Gasteiger partial charge in [-0.15, -0.1) is 0 Å². The van der Waals surface area contributed by atoms with E-state index in [2.05, 4.69) is 5.10 Å². The summed E-state index contributed by atoms with van der Waals surface area (Å²) < 4.78 is 7.42. The molecule has 5 heteroatoms. The molecule has 0 amide bonds. The summed E-state index contributed by atoms with van der Waals surface area (Å²) in [5.41, 5.74) is 7.02. The van der Waals surface area contributed by atoms with Crippen molar-refractivity contribution in [3.8, 4) is 5.75 Å². The van der Waals surface area contributed by atoms with Gasteiger partial charge in [0, 0.05) is 25.1 Å². The molecule has 1 aromatic carbocycles. The zero-order chi connectivity index (χ0) is 14.2. The molecule has 0 aliphatic carbocycles. The Morgan fingerprint density at radius 3 is 2.75 bits per heavy atom. The van der Waals surface area contributed by atoms with Crippen molar-refractivity contribution >= 4 is 5.82 Å². The van der Waals surface area contributed by atoms with Gasteiger partial charge >= 0.3 is 0 Å². The number of aryl methyl sites for hydroxylation is 2. The van der Waals surface area contributed by atoms with Crippen LogP contribution >= 0.6 is 0 Å². The third kappa shape index (κ3) is 3.99. The first-order valence-corrected chi connectivity index (χ1v) is 6.90. The lowest BCUT2D eigenvalue weighted by atomic mass is 10.2. The van der Waals surface area contributed by atoms with Crippen molar-refractivity contribution in [1.29, 1.82) is 0 Å². The van der Waals surface area contributed by atoms with E-state index in [4.69, 9.17) is 15.6 Å². The van der Waals surface area contributed by atoms with Crippen molar-refractivity contribution in [2.24, 2.45) is 0 Å². The van der Waals surface area contributed by atoms with E-state index in [0.717, 1.165) is 30.7 Å². The molecule has 5 nitrogen and oxygen atoms in total. The van der Waals surface area contributed by atoms with E-state index >= 15 is 0 Å². The number of ether oxygens (including phenoxy) is 1. The summed E-state index contributed by atoms with van der Waals surface area (Å²) in [6, 6.07) is 9.75. The quantitative estimate of drug-likeness (QED) is 0.721. The van der Waals surface area contributed by atoms with Crippen LogP contribution in [0.1, 0.15) is 18.4 Å². The smallest absolute Gasteiger partial charge is 0.124 e. The predicted octanol–water partition coefficient (Wildman–Crippen LogP) is 1.86. The molecule has 0 atom stereocenters. The number of hydrogen-bond donors (Lipinski definition) is 2. The highest BCUT2D eigenvalue weighted by Gasteiger charge is 2.06. The maximum Gasteiger partial charge on any atom is 0.124 e. The second-order valence-corrected chi connectivity index (χ2v) is 4.62. The van der Waals surface area contributed by atoms with Gasteiger partial charge in [-0.05, 0) is 25.0 Å². The third-order valence-corrected chi connectivity index (χ3v) is 3.09. The molecule has 0 unspecified atom stereocenters. The lowest BCUT2D eigenvalue weighted by Gasteiger charge is -2.07. The van der Waals surface area contributed by atoms with Crippen LogP contribution in [0.5, 0.6) is 5.75 Å². The number of aliphatic hydroxyl groups is 1. The van der Waals surface area contributed by atoms with Crippen LogP contribution in [0.3, 0.4) is 0 Å². The van der Waals surface area contributed by atoms with Crippen molar-refractivity contribution in [3.63, 3.8) is 0 Å². The second kappa shape index (κ2) is 7.55. The molecule has 2 aromatic rings. The van der Waals surface area contributed by atoms with Gasteiger partial charge in [0.15, 0.2) is 0 Å². The number of benzene rings is 1. The van der Waals surface area contributed by atoms with Crippen LogP contribution in [0, 0.1) is 0 Å². The molecule has 0 saturated carbocycles. The fraction of sp³-hybridized carbons (Fsp3) is 0.400. The summed E-state index contributed by atoms with van der Waals surface area (Å²) in [7, 11) is 0. The van der Waals surface area contributed by atoms with E-state index in [1.54, 1.807) is 10.9 Å². The molecule has 0 aliphatic heterocycles. The molecule has 0 radical (unpaired) electrons. The van der Waals surface area contributed by atoms with Crippen LogP contribution in [0.4, 0.5) is 5.82 Å². The standard InChI is InChI=1S/C15H21N3O2/c16-15-13(6-4-10-19)12-17-18(15)9-5-11-20-14-7-2-1-3-8-14/h1-3,7-8,12,19H,4-6,9-11,16H2. The van der Waals surface area contributed by atoms with Gasteiger partial charge in [0.1, 0.15) is 11.6 Å². The molecule has 2 rings (SSSR count). The van der Waals surface area contributed by atoms with Gasteiger partial charge in [-0.1, -0.05) is 18.2 Å². The summed E-state index contributed by atoms with van der Waals surface area (Å²) in [5, 5.41) is 13.1. The Hall–Kier alpha value is -2.01. The van der Waals surface area contributed by atoms with E-state index < -0.39 is 0 Å². The summed E-state index contributed by atoms with van der Waals surface area (Å²) in [5.74, 6) is 1.57. The Labute approximate surface area is 119 Å². The predicted molar refractivity (Wildman–Crippen MR) is 78.6 cm³/mol. The lowest BCUT2D eigenvalue weighted by Crippen LogP contribution is -2.09. The highest BCUT2D eigenvalue weighted by Crippen LogP contribution is 2.14. The molecule has 0 bridgehead atoms. The summed E-state index contributed by atoms with van der Waals surface area (Å²) in [6.07, 6.45) is 4.11. The van der Waals surface area contributed by atoms with E-state index in [1.807, 2.05) is 30.3 Å². The summed E-state index contributed by atoms with van der Waals surface area (Å²) in [4.78, 5) is 0. The Morgan fingerprint density at radius 1 is 1.20 bits per heavy atom. The van der Waals surface area contributed by atoms with Gasteiger partial charge in [-0.3, -0.25) is 0 Å². The van der Waals surface area contributed by atoms with Crippen LogP contribution in [0.2, 0.25) is 0 Å². The van der Waals surface area contributed by atoms with Gasteiger partial charge < -0.3 is 15.6 Å². The third-order valence-electron chi connectivity index (χ3n) is 3.09. The first-order valence-electron chi connectivity index (χ1n) is 6.90. The van der Waals surface area contributed by atoms with Crippen LogP contribution in [0.15, 0.2) is 36.5 Å². The highest BCUT2D eigenvalue weighted by molar-refractivity contribution is 5.38. The Kier molecular flexibility index (Phi) is 5.43. The molecule has 3 N–H and O–H groups in total. The topological polar surface area (TPSA) is 73.3 Å². The van der Waals surface area contributed by atoms with Gasteiger partial charge in [0.2, 0.25) is 0 Å². The number of nitrogen functional groups attached to an aromatic ring is 1. The Morgan fingerprint density at radius 2 is 2.00 bits per heavy atom. The van der Waals surface area contributed by atoms with Crippen molar-refractivity contribution in [3.05, 3.63) is 42.1 Å². The fourth-order valence-corrected chi connectivity index (χ4v) is 1.99. The number of rotatable bonds is 8. The van der Waals surface area contributed by atoms with Gasteiger partial charge in [0.25, 0.3) is 0 Å². The number of para-hydroxylation sites is 1. The summed E-state index contributed by atoms with van der Waals surface area (Å²) >= 11 is 0. The number of aliphatic hydroxyl groups excluding tert-OH is 1. The van der Waals surface area contributed by atoms with Crippen molar-refractivity contribution in [1.82, 2.24) is 9.78 Å². The molecule has 0 spiro atoms. The minimum Gasteiger partial charge on any atom is -0.494 e. The monoisotopic (exact) mass is 275 g/mol. The van der Waals surface area contributed by atoms with Crippen molar-refractivity contribution in [2.75, 3.05) is 18.9 Å². The largest absolute Gasteiger partial charge is 0.494 e. The van der Waals surface area contributed by atoms with Crippen molar-refractivity contribution < 1.29 is 9.84 Å². The van der Waals surface area contributed by atoms with Crippen LogP contribution in [0.25, 0.3) is 0 Å². The molecule has 20 heavy (non-hydrogen) atoms. The summed E-state index contributed by atoms with van der Waals surface area (Å²) in [6.45, 7) is 1.54. The number of aromatic nitrogens is 2. The lowest BCUT2D eigenvalue weighted by molar-refractivity contribution is 0.288. The maximum atomic E-state index is 8.82. The minimum absolute atomic E-state index is 0.176. The molecule has 1 heterocycles. The molecular formula is C15H21N3O2. The average Bonchev–Trinajstić information content (AvgIpc) is 2.83. The zero-order valence-corrected chi connectivity index (χ0v) is 11.5.